The fourth-order valence-corrected chi connectivity index (χ4v) is 3.80. The number of carbonyl (C=O) groups is 1. The van der Waals surface area contributed by atoms with E-state index >= 15 is 0 Å². The molecule has 3 nitrogen and oxygen atoms in total. The number of carbonyl (C=O) groups excluding carboxylic acids is 1. The highest BCUT2D eigenvalue weighted by Gasteiger charge is 2.39. The summed E-state index contributed by atoms with van der Waals surface area (Å²) in [5, 5.41) is 6.41. The Morgan fingerprint density at radius 2 is 2.42 bits per heavy atom. The molecule has 1 amide bonds. The molecule has 1 aliphatic heterocycles. The molecule has 0 radical (unpaired) electrons. The number of rotatable bonds is 6. The molecule has 2 rings (SSSR count). The maximum absolute atomic E-state index is 12.4. The van der Waals surface area contributed by atoms with Crippen molar-refractivity contribution in [3.05, 3.63) is 21.3 Å². The van der Waals surface area contributed by atoms with E-state index in [1.807, 2.05) is 12.1 Å². The maximum Gasteiger partial charge on any atom is 0.227 e. The third-order valence-electron chi connectivity index (χ3n) is 3.74. The molecule has 0 aliphatic carbocycles. The van der Waals surface area contributed by atoms with Crippen LogP contribution in [0.2, 0.25) is 4.34 Å². The monoisotopic (exact) mass is 300 g/mol. The lowest BCUT2D eigenvalue weighted by molar-refractivity contribution is -0.130. The third kappa shape index (κ3) is 3.71. The normalized spacial score (nSPS) is 22.6. The van der Waals surface area contributed by atoms with Gasteiger partial charge in [0.2, 0.25) is 5.91 Å². The summed E-state index contributed by atoms with van der Waals surface area (Å²) in [5.41, 5.74) is -0.179. The predicted molar refractivity (Wildman–Crippen MR) is 80.9 cm³/mol. The zero-order chi connectivity index (χ0) is 13.7. The van der Waals surface area contributed by atoms with Gasteiger partial charge in [-0.3, -0.25) is 4.79 Å². The van der Waals surface area contributed by atoms with Crippen LogP contribution in [0.3, 0.4) is 0 Å². The van der Waals surface area contributed by atoms with E-state index in [2.05, 4.69) is 17.6 Å². The number of hydrogen-bond acceptors (Lipinski definition) is 3. The minimum atomic E-state index is -0.179. The number of amides is 1. The van der Waals surface area contributed by atoms with Gasteiger partial charge in [0, 0.05) is 18.0 Å². The summed E-state index contributed by atoms with van der Waals surface area (Å²) >= 11 is 7.47. The Kier molecular flexibility index (Phi) is 5.25. The van der Waals surface area contributed by atoms with Gasteiger partial charge < -0.3 is 10.6 Å². The average molecular weight is 301 g/mol. The topological polar surface area (TPSA) is 41.1 Å². The van der Waals surface area contributed by atoms with Crippen LogP contribution < -0.4 is 10.6 Å². The Hall–Kier alpha value is -0.580. The lowest BCUT2D eigenvalue weighted by Gasteiger charge is -2.26. The van der Waals surface area contributed by atoms with Crippen LogP contribution in [-0.2, 0) is 11.2 Å². The lowest BCUT2D eigenvalue weighted by Crippen LogP contribution is -2.43. The van der Waals surface area contributed by atoms with Gasteiger partial charge in [0.15, 0.2) is 0 Å². The van der Waals surface area contributed by atoms with Crippen molar-refractivity contribution in [2.24, 2.45) is 5.41 Å². The highest BCUT2D eigenvalue weighted by Crippen LogP contribution is 2.31. The van der Waals surface area contributed by atoms with Gasteiger partial charge in [-0.25, -0.2) is 0 Å². The van der Waals surface area contributed by atoms with E-state index in [-0.39, 0.29) is 11.3 Å². The molecule has 1 aromatic rings. The van der Waals surface area contributed by atoms with E-state index < -0.39 is 0 Å². The van der Waals surface area contributed by atoms with Gasteiger partial charge in [-0.15, -0.1) is 11.3 Å². The van der Waals surface area contributed by atoms with Crippen LogP contribution in [0.5, 0.6) is 0 Å². The summed E-state index contributed by atoms with van der Waals surface area (Å²) in [6.45, 7) is 4.60. The molecular weight excluding hydrogens is 280 g/mol. The van der Waals surface area contributed by atoms with Crippen molar-refractivity contribution in [1.82, 2.24) is 10.6 Å². The van der Waals surface area contributed by atoms with Gasteiger partial charge in [0.05, 0.1) is 9.75 Å². The van der Waals surface area contributed by atoms with Crippen LogP contribution in [0.4, 0.5) is 0 Å². The van der Waals surface area contributed by atoms with Crippen LogP contribution in [0.15, 0.2) is 12.1 Å². The largest absolute Gasteiger partial charge is 0.355 e. The van der Waals surface area contributed by atoms with Crippen molar-refractivity contribution in [3.63, 3.8) is 0 Å². The second kappa shape index (κ2) is 6.73. The smallest absolute Gasteiger partial charge is 0.227 e. The van der Waals surface area contributed by atoms with Gasteiger partial charge in [-0.05, 0) is 37.9 Å². The molecule has 5 heteroatoms. The van der Waals surface area contributed by atoms with Crippen LogP contribution >= 0.6 is 22.9 Å². The predicted octanol–water partition coefficient (Wildman–Crippen LogP) is 2.84. The highest BCUT2D eigenvalue weighted by atomic mass is 35.5. The summed E-state index contributed by atoms with van der Waals surface area (Å²) in [6, 6.07) is 3.93. The zero-order valence-corrected chi connectivity index (χ0v) is 12.9. The van der Waals surface area contributed by atoms with Gasteiger partial charge in [-0.1, -0.05) is 24.9 Å². The number of nitrogens with one attached hydrogen (secondary N) is 2. The molecular formula is C14H21ClN2OS. The van der Waals surface area contributed by atoms with Gasteiger partial charge >= 0.3 is 0 Å². The van der Waals surface area contributed by atoms with Crippen molar-refractivity contribution in [3.8, 4) is 0 Å². The van der Waals surface area contributed by atoms with E-state index in [0.29, 0.717) is 6.54 Å². The molecule has 106 valence electrons. The molecule has 19 heavy (non-hydrogen) atoms. The lowest BCUT2D eigenvalue weighted by atomic mass is 9.81. The first-order valence-corrected chi connectivity index (χ1v) is 8.09. The molecule has 2 heterocycles. The fraction of sp³-hybridized carbons (Fsp3) is 0.643. The minimum absolute atomic E-state index is 0.179. The van der Waals surface area contributed by atoms with Crippen molar-refractivity contribution in [1.29, 1.82) is 0 Å². The maximum atomic E-state index is 12.4. The number of thiophene rings is 1. The zero-order valence-electron chi connectivity index (χ0n) is 11.3. The Morgan fingerprint density at radius 3 is 3.00 bits per heavy atom. The van der Waals surface area contributed by atoms with Crippen LogP contribution in [0.1, 0.15) is 31.1 Å². The Morgan fingerprint density at radius 1 is 1.58 bits per heavy atom. The van der Waals surface area contributed by atoms with Crippen molar-refractivity contribution in [2.75, 3.05) is 19.6 Å². The van der Waals surface area contributed by atoms with E-state index in [9.17, 15) is 4.79 Å². The Labute approximate surface area is 123 Å². The van der Waals surface area contributed by atoms with E-state index in [4.69, 9.17) is 11.6 Å². The number of hydrogen-bond donors (Lipinski definition) is 2. The first-order valence-electron chi connectivity index (χ1n) is 6.89. The van der Waals surface area contributed by atoms with Crippen LogP contribution in [0.25, 0.3) is 0 Å². The fourth-order valence-electron chi connectivity index (χ4n) is 2.72. The molecule has 2 N–H and O–H groups in total. The Bertz CT molecular complexity index is 427. The molecule has 0 aromatic carbocycles. The molecule has 0 bridgehead atoms. The summed E-state index contributed by atoms with van der Waals surface area (Å²) < 4.78 is 0.809. The number of halogens is 1. The molecule has 1 aliphatic rings. The van der Waals surface area contributed by atoms with Gasteiger partial charge in [-0.2, -0.15) is 0 Å². The van der Waals surface area contributed by atoms with Crippen molar-refractivity contribution in [2.45, 2.75) is 32.6 Å². The van der Waals surface area contributed by atoms with E-state index in [0.717, 1.165) is 43.1 Å². The summed E-state index contributed by atoms with van der Waals surface area (Å²) in [6.07, 6.45) is 3.84. The summed E-state index contributed by atoms with van der Waals surface area (Å²) in [4.78, 5) is 13.6. The summed E-state index contributed by atoms with van der Waals surface area (Å²) in [7, 11) is 0. The van der Waals surface area contributed by atoms with Crippen LogP contribution in [0, 0.1) is 5.41 Å². The van der Waals surface area contributed by atoms with Gasteiger partial charge in [0.25, 0.3) is 0 Å². The third-order valence-corrected chi connectivity index (χ3v) is 5.03. The molecule has 0 spiro atoms. The van der Waals surface area contributed by atoms with Crippen molar-refractivity contribution < 1.29 is 4.79 Å². The quantitative estimate of drug-likeness (QED) is 0.848. The molecule has 1 atom stereocenters. The standard InChI is InChI=1S/C14H21ClN2OS/c1-2-6-14(7-9-16-10-14)13(18)17-8-5-11-3-4-12(15)19-11/h3-4,16H,2,5-10H2,1H3,(H,17,18). The van der Waals surface area contributed by atoms with E-state index in [1.54, 1.807) is 11.3 Å². The second-order valence-corrected chi connectivity index (χ2v) is 6.97. The van der Waals surface area contributed by atoms with E-state index in [1.165, 1.54) is 4.88 Å². The molecule has 1 aromatic heterocycles. The molecule has 0 saturated carbocycles. The minimum Gasteiger partial charge on any atom is -0.355 e. The first kappa shape index (κ1) is 14.8. The molecule has 1 unspecified atom stereocenters. The van der Waals surface area contributed by atoms with Crippen molar-refractivity contribution >= 4 is 28.8 Å². The molecule has 1 fully saturated rings. The first-order chi connectivity index (χ1) is 9.16. The Balaban J connectivity index is 1.82. The van der Waals surface area contributed by atoms with Crippen LogP contribution in [-0.4, -0.2) is 25.5 Å². The summed E-state index contributed by atoms with van der Waals surface area (Å²) in [5.74, 6) is 0.210. The SMILES string of the molecule is CCCC1(C(=O)NCCc2ccc(Cl)s2)CCNC1. The average Bonchev–Trinajstić information content (AvgIpc) is 3.00. The second-order valence-electron chi connectivity index (χ2n) is 5.17. The van der Waals surface area contributed by atoms with Gasteiger partial charge in [0.1, 0.15) is 0 Å². The molecule has 1 saturated heterocycles. The highest BCUT2D eigenvalue weighted by molar-refractivity contribution is 7.16.